The Morgan fingerprint density at radius 2 is 2.04 bits per heavy atom. The molecule has 0 aliphatic rings. The lowest BCUT2D eigenvalue weighted by Gasteiger charge is -2.07. The van der Waals surface area contributed by atoms with Gasteiger partial charge in [0.25, 0.3) is 0 Å². The van der Waals surface area contributed by atoms with E-state index in [0.717, 1.165) is 5.56 Å². The van der Waals surface area contributed by atoms with E-state index < -0.39 is 6.61 Å². The van der Waals surface area contributed by atoms with Gasteiger partial charge in [-0.05, 0) is 36.2 Å². The van der Waals surface area contributed by atoms with Gasteiger partial charge in [-0.25, -0.2) is 4.98 Å². The number of benzene rings is 1. The largest absolute Gasteiger partial charge is 0.435 e. The fourth-order valence-corrected chi connectivity index (χ4v) is 2.84. The van der Waals surface area contributed by atoms with E-state index >= 15 is 0 Å². The molecule has 1 N–H and O–H groups in total. The van der Waals surface area contributed by atoms with E-state index in [1.807, 2.05) is 0 Å². The van der Waals surface area contributed by atoms with E-state index in [-0.39, 0.29) is 17.4 Å². The van der Waals surface area contributed by atoms with Crippen molar-refractivity contribution in [1.82, 2.24) is 10.3 Å². The van der Waals surface area contributed by atoms with Crippen molar-refractivity contribution in [3.8, 4) is 5.75 Å². The maximum atomic E-state index is 12.0. The zero-order valence-corrected chi connectivity index (χ0v) is 14.1. The normalized spacial score (nSPS) is 10.7. The van der Waals surface area contributed by atoms with Gasteiger partial charge >= 0.3 is 6.61 Å². The Hall–Kier alpha value is -1.86. The highest BCUT2D eigenvalue weighted by molar-refractivity contribution is 8.00. The number of ether oxygens (including phenoxy) is 1. The van der Waals surface area contributed by atoms with Crippen molar-refractivity contribution in [1.29, 1.82) is 0 Å². The highest BCUT2D eigenvalue weighted by Crippen LogP contribution is 2.23. The van der Waals surface area contributed by atoms with Crippen LogP contribution in [0.5, 0.6) is 5.75 Å². The second-order valence-electron chi connectivity index (χ2n) is 4.70. The first kappa shape index (κ1) is 18.5. The van der Waals surface area contributed by atoms with Crippen LogP contribution in [0, 0.1) is 0 Å². The molecule has 24 heavy (non-hydrogen) atoms. The Bertz CT molecular complexity index is 671. The number of thioether (sulfide) groups is 1. The van der Waals surface area contributed by atoms with E-state index in [1.165, 1.54) is 23.9 Å². The molecule has 0 unspecified atom stereocenters. The SMILES string of the molecule is O=C(CSc1ncccc1Cl)NCCc1ccc(OC(F)F)cc1. The van der Waals surface area contributed by atoms with Crippen LogP contribution in [-0.2, 0) is 11.2 Å². The molecule has 2 aromatic rings. The first-order valence-corrected chi connectivity index (χ1v) is 8.44. The van der Waals surface area contributed by atoms with Crippen LogP contribution in [0.4, 0.5) is 8.78 Å². The average molecular weight is 373 g/mol. The van der Waals surface area contributed by atoms with Gasteiger partial charge in [-0.2, -0.15) is 8.78 Å². The molecule has 128 valence electrons. The molecule has 0 atom stereocenters. The predicted molar refractivity (Wildman–Crippen MR) is 89.8 cm³/mol. The molecule has 1 heterocycles. The number of carbonyl (C=O) groups is 1. The maximum absolute atomic E-state index is 12.0. The Balaban J connectivity index is 1.70. The van der Waals surface area contributed by atoms with Crippen molar-refractivity contribution in [2.24, 2.45) is 0 Å². The van der Waals surface area contributed by atoms with Crippen molar-refractivity contribution in [2.75, 3.05) is 12.3 Å². The lowest BCUT2D eigenvalue weighted by Crippen LogP contribution is -2.27. The van der Waals surface area contributed by atoms with Gasteiger partial charge in [-0.15, -0.1) is 0 Å². The summed E-state index contributed by atoms with van der Waals surface area (Å²) in [6, 6.07) is 9.77. The summed E-state index contributed by atoms with van der Waals surface area (Å²) in [6.45, 7) is -2.38. The summed E-state index contributed by atoms with van der Waals surface area (Å²) in [6.07, 6.45) is 2.21. The monoisotopic (exact) mass is 372 g/mol. The van der Waals surface area contributed by atoms with Crippen LogP contribution in [0.15, 0.2) is 47.6 Å². The van der Waals surface area contributed by atoms with Gasteiger partial charge in [0, 0.05) is 12.7 Å². The number of aromatic nitrogens is 1. The number of nitrogens with zero attached hydrogens (tertiary/aromatic N) is 1. The Kier molecular flexibility index (Phi) is 7.27. The van der Waals surface area contributed by atoms with Crippen LogP contribution in [-0.4, -0.2) is 29.8 Å². The number of halogens is 3. The lowest BCUT2D eigenvalue weighted by molar-refractivity contribution is -0.118. The molecule has 0 spiro atoms. The van der Waals surface area contributed by atoms with Crippen molar-refractivity contribution >= 4 is 29.3 Å². The summed E-state index contributed by atoms with van der Waals surface area (Å²) in [5, 5.41) is 3.92. The first-order chi connectivity index (χ1) is 11.5. The summed E-state index contributed by atoms with van der Waals surface area (Å²) >= 11 is 7.23. The molecule has 0 aliphatic carbocycles. The minimum absolute atomic E-state index is 0.112. The van der Waals surface area contributed by atoms with Gasteiger partial charge in [-0.1, -0.05) is 35.5 Å². The van der Waals surface area contributed by atoms with Gasteiger partial charge < -0.3 is 10.1 Å². The van der Waals surface area contributed by atoms with E-state index in [4.69, 9.17) is 11.6 Å². The Morgan fingerprint density at radius 1 is 1.29 bits per heavy atom. The number of nitrogens with one attached hydrogen (secondary N) is 1. The quantitative estimate of drug-likeness (QED) is 0.716. The van der Waals surface area contributed by atoms with Crippen molar-refractivity contribution in [3.05, 3.63) is 53.2 Å². The third-order valence-corrected chi connectivity index (χ3v) is 4.37. The number of hydrogen-bond acceptors (Lipinski definition) is 4. The van der Waals surface area contributed by atoms with E-state index in [9.17, 15) is 13.6 Å². The Morgan fingerprint density at radius 3 is 2.71 bits per heavy atom. The fraction of sp³-hybridized carbons (Fsp3) is 0.250. The summed E-state index contributed by atoms with van der Waals surface area (Å²) < 4.78 is 28.4. The smallest absolute Gasteiger partial charge is 0.387 e. The zero-order valence-electron chi connectivity index (χ0n) is 12.5. The van der Waals surface area contributed by atoms with E-state index in [0.29, 0.717) is 23.0 Å². The highest BCUT2D eigenvalue weighted by Gasteiger charge is 2.07. The molecule has 1 aromatic heterocycles. The number of hydrogen-bond donors (Lipinski definition) is 1. The first-order valence-electron chi connectivity index (χ1n) is 7.08. The van der Waals surface area contributed by atoms with Crippen molar-refractivity contribution < 1.29 is 18.3 Å². The van der Waals surface area contributed by atoms with Gasteiger partial charge in [0.15, 0.2) is 0 Å². The number of rotatable bonds is 8. The summed E-state index contributed by atoms with van der Waals surface area (Å²) in [5.74, 6) is 0.207. The minimum atomic E-state index is -2.83. The second-order valence-corrected chi connectivity index (χ2v) is 6.07. The second kappa shape index (κ2) is 9.44. The van der Waals surface area contributed by atoms with E-state index in [1.54, 1.807) is 30.5 Å². The summed E-state index contributed by atoms with van der Waals surface area (Å²) in [4.78, 5) is 15.9. The third-order valence-electron chi connectivity index (χ3n) is 2.95. The molecule has 0 aliphatic heterocycles. The summed E-state index contributed by atoms with van der Waals surface area (Å²) in [7, 11) is 0. The molecule has 0 fully saturated rings. The van der Waals surface area contributed by atoms with Crippen molar-refractivity contribution in [3.63, 3.8) is 0 Å². The van der Waals surface area contributed by atoms with Gasteiger partial charge in [0.05, 0.1) is 10.8 Å². The van der Waals surface area contributed by atoms with Crippen LogP contribution < -0.4 is 10.1 Å². The molecule has 0 radical (unpaired) electrons. The zero-order chi connectivity index (χ0) is 17.4. The molecule has 0 saturated heterocycles. The van der Waals surface area contributed by atoms with E-state index in [2.05, 4.69) is 15.0 Å². The number of amides is 1. The maximum Gasteiger partial charge on any atom is 0.387 e. The number of pyridine rings is 1. The lowest BCUT2D eigenvalue weighted by atomic mass is 10.1. The molecule has 4 nitrogen and oxygen atoms in total. The molecule has 0 saturated carbocycles. The average Bonchev–Trinajstić information content (AvgIpc) is 2.55. The molecular formula is C16H15ClF2N2O2S. The molecule has 2 rings (SSSR count). The van der Waals surface area contributed by atoms with Crippen LogP contribution in [0.2, 0.25) is 5.02 Å². The molecule has 8 heteroatoms. The topological polar surface area (TPSA) is 51.2 Å². The molecule has 0 bridgehead atoms. The molecule has 1 aromatic carbocycles. The molecular weight excluding hydrogens is 358 g/mol. The van der Waals surface area contributed by atoms with Gasteiger partial charge in [0.1, 0.15) is 10.8 Å². The number of carbonyl (C=O) groups excluding carboxylic acids is 1. The fourth-order valence-electron chi connectivity index (χ4n) is 1.85. The van der Waals surface area contributed by atoms with Crippen LogP contribution >= 0.6 is 23.4 Å². The minimum Gasteiger partial charge on any atom is -0.435 e. The van der Waals surface area contributed by atoms with Crippen LogP contribution in [0.3, 0.4) is 0 Å². The van der Waals surface area contributed by atoms with Crippen LogP contribution in [0.1, 0.15) is 5.56 Å². The summed E-state index contributed by atoms with van der Waals surface area (Å²) in [5.41, 5.74) is 0.914. The number of alkyl halides is 2. The predicted octanol–water partition coefficient (Wildman–Crippen LogP) is 3.79. The Labute approximate surface area is 147 Å². The van der Waals surface area contributed by atoms with Gasteiger partial charge in [-0.3, -0.25) is 4.79 Å². The third kappa shape index (κ3) is 6.33. The highest BCUT2D eigenvalue weighted by atomic mass is 35.5. The van der Waals surface area contributed by atoms with Crippen LogP contribution in [0.25, 0.3) is 0 Å². The molecule has 1 amide bonds. The standard InChI is InChI=1S/C16H15ClF2N2O2S/c17-13-2-1-8-21-15(13)24-10-14(22)20-9-7-11-3-5-12(6-4-11)23-16(18)19/h1-6,8,16H,7,9-10H2,(H,20,22). The van der Waals surface area contributed by atoms with Crippen molar-refractivity contribution in [2.45, 2.75) is 18.1 Å². The van der Waals surface area contributed by atoms with Gasteiger partial charge in [0.2, 0.25) is 5.91 Å².